The van der Waals surface area contributed by atoms with Crippen LogP contribution in [0.3, 0.4) is 0 Å². The fourth-order valence-corrected chi connectivity index (χ4v) is 5.29. The summed E-state index contributed by atoms with van der Waals surface area (Å²) in [6.07, 6.45) is 4.46. The number of likely N-dealkylation sites (tertiary alicyclic amines) is 1. The highest BCUT2D eigenvalue weighted by molar-refractivity contribution is 5.85. The number of aromatic nitrogens is 1. The Balaban J connectivity index is 1.23. The van der Waals surface area contributed by atoms with Crippen molar-refractivity contribution in [3.63, 3.8) is 0 Å². The Morgan fingerprint density at radius 1 is 1.24 bits per heavy atom. The topological polar surface area (TPSA) is 49.6 Å². The first-order chi connectivity index (χ1) is 16.0. The number of halogens is 3. The maximum Gasteiger partial charge on any atom is 0.395 e. The second-order valence-electron chi connectivity index (χ2n) is 10.5. The van der Waals surface area contributed by atoms with Gasteiger partial charge in [-0.3, -0.25) is 4.79 Å². The molecule has 5 rings (SSSR count). The van der Waals surface area contributed by atoms with Crippen molar-refractivity contribution in [1.82, 2.24) is 14.8 Å². The van der Waals surface area contributed by atoms with Crippen LogP contribution >= 0.6 is 0 Å². The number of nitrogens with zero attached hydrogens (tertiary/aromatic N) is 3. The van der Waals surface area contributed by atoms with Crippen LogP contribution < -0.4 is 5.32 Å². The van der Waals surface area contributed by atoms with Crippen LogP contribution in [0.25, 0.3) is 5.57 Å². The van der Waals surface area contributed by atoms with E-state index < -0.39 is 11.6 Å². The van der Waals surface area contributed by atoms with Gasteiger partial charge in [0.15, 0.2) is 0 Å². The van der Waals surface area contributed by atoms with Crippen LogP contribution in [-0.4, -0.2) is 47.4 Å². The van der Waals surface area contributed by atoms with Gasteiger partial charge >= 0.3 is 6.18 Å². The third-order valence-electron chi connectivity index (χ3n) is 8.04. The number of amides is 1. The van der Waals surface area contributed by atoms with Crippen molar-refractivity contribution in [2.24, 2.45) is 35.2 Å². The summed E-state index contributed by atoms with van der Waals surface area (Å²) in [6.45, 7) is 7.11. The highest BCUT2D eigenvalue weighted by Crippen LogP contribution is 2.58. The first-order valence-electron chi connectivity index (χ1n) is 11.9. The molecule has 0 radical (unpaired) electrons. The second kappa shape index (κ2) is 7.97. The van der Waals surface area contributed by atoms with Gasteiger partial charge in [0.25, 0.3) is 0 Å². The number of carbonyl (C=O) groups excluding carboxylic acids is 1. The molecule has 2 atom stereocenters. The molecule has 1 saturated carbocycles. The van der Waals surface area contributed by atoms with E-state index in [0.717, 1.165) is 16.8 Å². The van der Waals surface area contributed by atoms with Gasteiger partial charge in [0.1, 0.15) is 5.82 Å². The summed E-state index contributed by atoms with van der Waals surface area (Å²) in [5.41, 5.74) is 4.35. The summed E-state index contributed by atoms with van der Waals surface area (Å²) in [5.74, 6) is 0.438. The predicted octanol–water partition coefficient (Wildman–Crippen LogP) is 4.53. The fourth-order valence-electron chi connectivity index (χ4n) is 5.29. The Labute approximate surface area is 198 Å². The van der Waals surface area contributed by atoms with E-state index in [2.05, 4.69) is 60.9 Å². The monoisotopic (exact) mass is 472 g/mol. The average molecular weight is 473 g/mol. The molecule has 2 fully saturated rings. The number of allylic oxidation sites excluding steroid dienone is 5. The summed E-state index contributed by atoms with van der Waals surface area (Å²) in [4.78, 5) is 18.9. The van der Waals surface area contributed by atoms with Gasteiger partial charge < -0.3 is 14.8 Å². The lowest BCUT2D eigenvalue weighted by atomic mass is 9.80. The minimum atomic E-state index is -4.16. The van der Waals surface area contributed by atoms with Crippen LogP contribution in [0.5, 0.6) is 0 Å². The molecular weight excluding hydrogens is 441 g/mol. The molecule has 34 heavy (non-hydrogen) atoms. The lowest BCUT2D eigenvalue weighted by molar-refractivity contribution is -0.195. The first-order valence-corrected chi connectivity index (χ1v) is 11.9. The maximum absolute atomic E-state index is 13.2. The third-order valence-corrected chi connectivity index (χ3v) is 8.04. The normalized spacial score (nSPS) is 26.3. The van der Waals surface area contributed by atoms with Gasteiger partial charge in [-0.15, -0.1) is 0 Å². The Morgan fingerprint density at radius 2 is 1.94 bits per heavy atom. The number of hydrogen-bond acceptors (Lipinski definition) is 3. The lowest BCUT2D eigenvalue weighted by Crippen LogP contribution is -2.56. The number of aryl methyl sites for hydroxylation is 1. The second-order valence-corrected chi connectivity index (χ2v) is 10.5. The molecule has 3 heterocycles. The predicted molar refractivity (Wildman–Crippen MR) is 126 cm³/mol. The molecule has 8 heteroatoms. The standard InChI is InChI=1S/C26H31F3N4O/c1-15-8-22(32(4)17(15)3)19-7-16(2)21-11-30-23(10-18(21)9-19)31-24(34)20-12-33(13-20)14-25(5-6-25)26(27,28)29/h7-11,16,20-21H,5-6,12-14H2,1-4H3,(H,31,34). The van der Waals surface area contributed by atoms with Gasteiger partial charge in [-0.05, 0) is 67.5 Å². The molecule has 1 saturated heterocycles. The van der Waals surface area contributed by atoms with Crippen molar-refractivity contribution >= 4 is 17.7 Å². The molecule has 1 aromatic rings. The Bertz CT molecular complexity index is 1140. The molecule has 1 aromatic heterocycles. The lowest BCUT2D eigenvalue weighted by Gasteiger charge is -2.40. The number of rotatable bonds is 5. The van der Waals surface area contributed by atoms with Crippen molar-refractivity contribution < 1.29 is 18.0 Å². The highest BCUT2D eigenvalue weighted by Gasteiger charge is 2.64. The van der Waals surface area contributed by atoms with Crippen LogP contribution in [0.2, 0.25) is 0 Å². The van der Waals surface area contributed by atoms with Gasteiger partial charge in [-0.2, -0.15) is 13.2 Å². The quantitative estimate of drug-likeness (QED) is 0.685. The van der Waals surface area contributed by atoms with Crippen LogP contribution in [0.1, 0.15) is 36.7 Å². The fraction of sp³-hybridized carbons (Fsp3) is 0.538. The Morgan fingerprint density at radius 3 is 2.53 bits per heavy atom. The number of nitrogens with one attached hydrogen (secondary N) is 1. The van der Waals surface area contributed by atoms with Crippen molar-refractivity contribution in [3.05, 3.63) is 52.6 Å². The minimum absolute atomic E-state index is 0.000792. The van der Waals surface area contributed by atoms with Crippen LogP contribution in [0.15, 0.2) is 40.7 Å². The molecule has 182 valence electrons. The van der Waals surface area contributed by atoms with E-state index in [9.17, 15) is 18.0 Å². The van der Waals surface area contributed by atoms with E-state index in [4.69, 9.17) is 0 Å². The van der Waals surface area contributed by atoms with E-state index in [1.807, 2.05) is 12.3 Å². The molecule has 4 aliphatic rings. The molecular formula is C26H31F3N4O. The van der Waals surface area contributed by atoms with E-state index in [1.165, 1.54) is 11.3 Å². The average Bonchev–Trinajstić information content (AvgIpc) is 3.49. The van der Waals surface area contributed by atoms with E-state index in [0.29, 0.717) is 18.9 Å². The number of fused-ring (bicyclic) bond motifs is 1. The molecule has 2 unspecified atom stereocenters. The number of alkyl halides is 3. The maximum atomic E-state index is 13.2. The molecule has 1 N–H and O–H groups in total. The zero-order chi connectivity index (χ0) is 24.4. The number of aliphatic imine (C=N–C) groups is 1. The van der Waals surface area contributed by atoms with Gasteiger partial charge in [0.05, 0.1) is 11.3 Å². The SMILES string of the molecule is Cc1cc(C2=CC(C)C3C=NC(NC(=O)C4CN(CC5(C(F)(F)F)CC5)C4)=CC3=C2)n(C)c1C. The molecule has 1 amide bonds. The Kier molecular flexibility index (Phi) is 5.43. The van der Waals surface area contributed by atoms with E-state index in [1.54, 1.807) is 4.90 Å². The van der Waals surface area contributed by atoms with Gasteiger partial charge in [0.2, 0.25) is 5.91 Å². The van der Waals surface area contributed by atoms with Crippen LogP contribution in [-0.2, 0) is 11.8 Å². The van der Waals surface area contributed by atoms with E-state index >= 15 is 0 Å². The minimum Gasteiger partial charge on any atom is -0.348 e. The highest BCUT2D eigenvalue weighted by atomic mass is 19.4. The molecule has 0 aromatic carbocycles. The van der Waals surface area contributed by atoms with Gasteiger partial charge in [-0.25, -0.2) is 4.99 Å². The van der Waals surface area contributed by atoms with Crippen LogP contribution in [0.4, 0.5) is 13.2 Å². The van der Waals surface area contributed by atoms with Gasteiger partial charge in [0, 0.05) is 50.2 Å². The number of hydrogen-bond donors (Lipinski definition) is 1. The van der Waals surface area contributed by atoms with Crippen molar-refractivity contribution in [2.45, 2.75) is 39.8 Å². The smallest absolute Gasteiger partial charge is 0.348 e. The molecule has 0 spiro atoms. The van der Waals surface area contributed by atoms with Gasteiger partial charge in [-0.1, -0.05) is 13.0 Å². The summed E-state index contributed by atoms with van der Waals surface area (Å²) in [5, 5.41) is 2.89. The molecule has 2 aliphatic carbocycles. The molecule has 2 aliphatic heterocycles. The summed E-state index contributed by atoms with van der Waals surface area (Å²) >= 11 is 0. The number of carbonyl (C=O) groups is 1. The zero-order valence-corrected chi connectivity index (χ0v) is 20.0. The molecule has 0 bridgehead atoms. The van der Waals surface area contributed by atoms with Crippen molar-refractivity contribution in [2.75, 3.05) is 19.6 Å². The largest absolute Gasteiger partial charge is 0.395 e. The zero-order valence-electron chi connectivity index (χ0n) is 20.0. The third kappa shape index (κ3) is 3.96. The molecule has 5 nitrogen and oxygen atoms in total. The summed E-state index contributed by atoms with van der Waals surface area (Å²) in [7, 11) is 2.07. The van der Waals surface area contributed by atoms with E-state index in [-0.39, 0.29) is 43.0 Å². The summed E-state index contributed by atoms with van der Waals surface area (Å²) < 4.78 is 41.7. The summed E-state index contributed by atoms with van der Waals surface area (Å²) in [6, 6.07) is 2.20. The van der Waals surface area contributed by atoms with Crippen molar-refractivity contribution in [3.8, 4) is 0 Å². The Hall–Kier alpha value is -2.61. The first kappa shape index (κ1) is 23.1. The van der Waals surface area contributed by atoms with Crippen molar-refractivity contribution in [1.29, 1.82) is 0 Å². The van der Waals surface area contributed by atoms with Crippen LogP contribution in [0, 0.1) is 37.0 Å².